The molecule has 0 unspecified atom stereocenters. The van der Waals surface area contributed by atoms with Crippen LogP contribution in [0.3, 0.4) is 0 Å². The summed E-state index contributed by atoms with van der Waals surface area (Å²) in [5.74, 6) is -0.258. The Bertz CT molecular complexity index is 435. The highest BCUT2D eigenvalue weighted by molar-refractivity contribution is 5.88. The Balaban J connectivity index is 0.000000293. The normalized spacial score (nSPS) is 9.14. The SMILES string of the molecule is O=CO.Oc1[nH]c2ccccc2c1O. The molecule has 1 aromatic carbocycles. The smallest absolute Gasteiger partial charge is 0.290 e. The van der Waals surface area contributed by atoms with E-state index in [9.17, 15) is 5.11 Å². The van der Waals surface area contributed by atoms with Gasteiger partial charge in [0.2, 0.25) is 5.88 Å². The van der Waals surface area contributed by atoms with E-state index in [-0.39, 0.29) is 18.1 Å². The Labute approximate surface area is 79.2 Å². The number of aromatic nitrogens is 1. The number of carboxylic acid groups (broad SMARTS) is 1. The number of para-hydroxylation sites is 1. The van der Waals surface area contributed by atoms with Crippen molar-refractivity contribution in [2.75, 3.05) is 0 Å². The largest absolute Gasteiger partial charge is 0.503 e. The zero-order valence-corrected chi connectivity index (χ0v) is 7.14. The van der Waals surface area contributed by atoms with Gasteiger partial charge in [-0.15, -0.1) is 0 Å². The predicted octanol–water partition coefficient (Wildman–Crippen LogP) is 1.28. The molecule has 74 valence electrons. The number of aromatic hydroxyl groups is 2. The van der Waals surface area contributed by atoms with Crippen LogP contribution in [0.4, 0.5) is 0 Å². The van der Waals surface area contributed by atoms with Crippen molar-refractivity contribution in [1.82, 2.24) is 4.98 Å². The third kappa shape index (κ3) is 1.77. The zero-order valence-electron chi connectivity index (χ0n) is 7.14. The van der Waals surface area contributed by atoms with E-state index in [2.05, 4.69) is 4.98 Å². The fraction of sp³-hybridized carbons (Fsp3) is 0. The average Bonchev–Trinajstić information content (AvgIpc) is 2.45. The fourth-order valence-corrected chi connectivity index (χ4v) is 1.11. The summed E-state index contributed by atoms with van der Waals surface area (Å²) in [5.41, 5.74) is 0.738. The summed E-state index contributed by atoms with van der Waals surface area (Å²) < 4.78 is 0. The van der Waals surface area contributed by atoms with Gasteiger partial charge in [0.25, 0.3) is 6.47 Å². The van der Waals surface area contributed by atoms with Gasteiger partial charge in [-0.2, -0.15) is 0 Å². The molecule has 0 saturated carbocycles. The Morgan fingerprint density at radius 3 is 2.36 bits per heavy atom. The van der Waals surface area contributed by atoms with Crippen molar-refractivity contribution in [3.63, 3.8) is 0 Å². The third-order valence-electron chi connectivity index (χ3n) is 1.66. The molecule has 0 fully saturated rings. The molecule has 1 heterocycles. The minimum atomic E-state index is -0.250. The van der Waals surface area contributed by atoms with Crippen LogP contribution in [-0.2, 0) is 4.79 Å². The molecule has 5 heteroatoms. The standard InChI is InChI=1S/C8H7NO2.CH2O2/c10-7-5-3-1-2-4-6(5)9-8(7)11;2-1-3/h1-4,9-11H;1H,(H,2,3). The molecule has 0 atom stereocenters. The van der Waals surface area contributed by atoms with Gasteiger partial charge >= 0.3 is 0 Å². The van der Waals surface area contributed by atoms with Crippen molar-refractivity contribution in [3.05, 3.63) is 24.3 Å². The average molecular weight is 195 g/mol. The first-order valence-corrected chi connectivity index (χ1v) is 3.77. The van der Waals surface area contributed by atoms with E-state index >= 15 is 0 Å². The van der Waals surface area contributed by atoms with E-state index < -0.39 is 0 Å². The van der Waals surface area contributed by atoms with E-state index in [4.69, 9.17) is 15.0 Å². The van der Waals surface area contributed by atoms with Gasteiger partial charge in [-0.05, 0) is 12.1 Å². The minimum absolute atomic E-state index is 0.0828. The van der Waals surface area contributed by atoms with Gasteiger partial charge in [0.05, 0.1) is 5.52 Å². The molecule has 0 aliphatic carbocycles. The van der Waals surface area contributed by atoms with Crippen LogP contribution >= 0.6 is 0 Å². The maximum absolute atomic E-state index is 9.22. The first-order valence-electron chi connectivity index (χ1n) is 3.77. The molecule has 0 radical (unpaired) electrons. The van der Waals surface area contributed by atoms with Gasteiger partial charge in [0.15, 0.2) is 5.75 Å². The molecule has 14 heavy (non-hydrogen) atoms. The second-order valence-electron chi connectivity index (χ2n) is 2.47. The molecule has 0 bridgehead atoms. The monoisotopic (exact) mass is 195 g/mol. The minimum Gasteiger partial charge on any atom is -0.503 e. The fourth-order valence-electron chi connectivity index (χ4n) is 1.11. The van der Waals surface area contributed by atoms with Crippen molar-refractivity contribution < 1.29 is 20.1 Å². The maximum atomic E-state index is 9.22. The molecule has 0 saturated heterocycles. The van der Waals surface area contributed by atoms with E-state index in [1.165, 1.54) is 0 Å². The van der Waals surface area contributed by atoms with Crippen molar-refractivity contribution in [3.8, 4) is 11.6 Å². The summed E-state index contributed by atoms with van der Waals surface area (Å²) in [6, 6.07) is 7.16. The molecular weight excluding hydrogens is 186 g/mol. The van der Waals surface area contributed by atoms with Gasteiger partial charge in [0, 0.05) is 5.39 Å². The second kappa shape index (κ2) is 4.18. The van der Waals surface area contributed by atoms with Gasteiger partial charge in [-0.3, -0.25) is 4.79 Å². The van der Waals surface area contributed by atoms with Crippen LogP contribution in [0.1, 0.15) is 0 Å². The van der Waals surface area contributed by atoms with Crippen LogP contribution in [0.5, 0.6) is 11.6 Å². The van der Waals surface area contributed by atoms with Gasteiger partial charge in [0.1, 0.15) is 0 Å². The Morgan fingerprint density at radius 1 is 1.21 bits per heavy atom. The Morgan fingerprint density at radius 2 is 1.79 bits per heavy atom. The van der Waals surface area contributed by atoms with Gasteiger partial charge < -0.3 is 20.3 Å². The number of rotatable bonds is 0. The number of hydrogen-bond acceptors (Lipinski definition) is 3. The van der Waals surface area contributed by atoms with E-state index in [0.29, 0.717) is 5.39 Å². The number of benzene rings is 1. The molecule has 0 amide bonds. The highest BCUT2D eigenvalue weighted by Crippen LogP contribution is 2.32. The molecule has 4 N–H and O–H groups in total. The van der Waals surface area contributed by atoms with Crippen molar-refractivity contribution in [2.45, 2.75) is 0 Å². The Hall–Kier alpha value is -2.17. The van der Waals surface area contributed by atoms with Crippen molar-refractivity contribution in [2.24, 2.45) is 0 Å². The predicted molar refractivity (Wildman–Crippen MR) is 50.3 cm³/mol. The second-order valence-corrected chi connectivity index (χ2v) is 2.47. The number of hydrogen-bond donors (Lipinski definition) is 4. The molecule has 5 nitrogen and oxygen atoms in total. The number of H-pyrrole nitrogens is 1. The molecule has 0 aliphatic heterocycles. The maximum Gasteiger partial charge on any atom is 0.290 e. The summed E-state index contributed by atoms with van der Waals surface area (Å²) in [5, 5.41) is 25.8. The van der Waals surface area contributed by atoms with Crippen LogP contribution < -0.4 is 0 Å². The van der Waals surface area contributed by atoms with Gasteiger partial charge in [-0.1, -0.05) is 12.1 Å². The van der Waals surface area contributed by atoms with E-state index in [1.807, 2.05) is 6.07 Å². The van der Waals surface area contributed by atoms with Gasteiger partial charge in [-0.25, -0.2) is 0 Å². The molecular formula is C9H9NO4. The first-order chi connectivity index (χ1) is 6.70. The third-order valence-corrected chi connectivity index (χ3v) is 1.66. The number of nitrogens with one attached hydrogen (secondary N) is 1. The lowest BCUT2D eigenvalue weighted by Gasteiger charge is -1.86. The van der Waals surface area contributed by atoms with Crippen molar-refractivity contribution in [1.29, 1.82) is 0 Å². The van der Waals surface area contributed by atoms with Crippen LogP contribution in [-0.4, -0.2) is 26.8 Å². The molecule has 0 spiro atoms. The lowest BCUT2D eigenvalue weighted by molar-refractivity contribution is -0.122. The van der Waals surface area contributed by atoms with Crippen LogP contribution in [0.15, 0.2) is 24.3 Å². The topological polar surface area (TPSA) is 93.5 Å². The van der Waals surface area contributed by atoms with Crippen LogP contribution in [0.25, 0.3) is 10.9 Å². The highest BCUT2D eigenvalue weighted by Gasteiger charge is 2.06. The summed E-state index contributed by atoms with van der Waals surface area (Å²) in [6.07, 6.45) is 0. The van der Waals surface area contributed by atoms with Crippen molar-refractivity contribution >= 4 is 17.4 Å². The van der Waals surface area contributed by atoms with Crippen LogP contribution in [0, 0.1) is 0 Å². The zero-order chi connectivity index (χ0) is 10.6. The lowest BCUT2D eigenvalue weighted by Crippen LogP contribution is -1.63. The molecule has 2 aromatic rings. The summed E-state index contributed by atoms with van der Waals surface area (Å²) in [4.78, 5) is 11.0. The van der Waals surface area contributed by atoms with E-state index in [1.54, 1.807) is 18.2 Å². The van der Waals surface area contributed by atoms with E-state index in [0.717, 1.165) is 5.52 Å². The summed E-state index contributed by atoms with van der Waals surface area (Å²) >= 11 is 0. The molecule has 1 aromatic heterocycles. The number of aromatic amines is 1. The Kier molecular flexibility index (Phi) is 2.96. The molecule has 2 rings (SSSR count). The highest BCUT2D eigenvalue weighted by atomic mass is 16.3. The summed E-state index contributed by atoms with van der Waals surface area (Å²) in [6.45, 7) is -0.250. The number of fused-ring (bicyclic) bond motifs is 1. The van der Waals surface area contributed by atoms with Crippen LogP contribution in [0.2, 0.25) is 0 Å². The number of carbonyl (C=O) groups is 1. The quantitative estimate of drug-likeness (QED) is 0.476. The summed E-state index contributed by atoms with van der Waals surface area (Å²) in [7, 11) is 0. The molecule has 0 aliphatic rings. The first kappa shape index (κ1) is 9.91. The lowest BCUT2D eigenvalue weighted by atomic mass is 10.2.